The number of halogens is 4. The first-order valence-corrected chi connectivity index (χ1v) is 9.60. The van der Waals surface area contributed by atoms with Crippen LogP contribution in [0.5, 0.6) is 0 Å². The lowest BCUT2D eigenvalue weighted by Gasteiger charge is -1.99. The lowest BCUT2D eigenvalue weighted by Crippen LogP contribution is -2.32. The molecule has 0 aliphatic heterocycles. The van der Waals surface area contributed by atoms with E-state index in [0.29, 0.717) is 34.1 Å². The van der Waals surface area contributed by atoms with E-state index in [9.17, 15) is 13.2 Å². The zero-order valence-electron chi connectivity index (χ0n) is 15.7. The minimum Gasteiger partial charge on any atom is -0.354 e. The minimum absolute atomic E-state index is 0.0487. The van der Waals surface area contributed by atoms with E-state index in [2.05, 4.69) is 15.1 Å². The monoisotopic (exact) mass is 441 g/mol. The number of imidazole rings is 1. The molecule has 154 valence electrons. The summed E-state index contributed by atoms with van der Waals surface area (Å²) in [5, 5.41) is 4.23. The molecule has 5 rings (SSSR count). The number of benzene rings is 2. The van der Waals surface area contributed by atoms with Crippen LogP contribution in [0.4, 0.5) is 13.2 Å². The van der Waals surface area contributed by atoms with Gasteiger partial charge in [-0.15, -0.1) is 0 Å². The Labute approximate surface area is 178 Å². The molecule has 9 heteroatoms. The second-order valence-corrected chi connectivity index (χ2v) is 7.34. The highest BCUT2D eigenvalue weighted by Crippen LogP contribution is 2.26. The molecule has 2 aromatic carbocycles. The SMILES string of the molecule is Fc1cc(Cl)ccc1-c1cc(C[n+]2ccc3nc(-c4cccc(F)c4F)[nH]c3c2)on1. The molecule has 0 radical (unpaired) electrons. The van der Waals surface area contributed by atoms with Gasteiger partial charge in [0, 0.05) is 22.7 Å². The second kappa shape index (κ2) is 7.55. The number of H-pyrrole nitrogens is 1. The third-order valence-corrected chi connectivity index (χ3v) is 5.03. The summed E-state index contributed by atoms with van der Waals surface area (Å²) in [4.78, 5) is 7.33. The zero-order chi connectivity index (χ0) is 21.5. The molecule has 1 N–H and O–H groups in total. The zero-order valence-corrected chi connectivity index (χ0v) is 16.5. The maximum atomic E-state index is 14.1. The van der Waals surface area contributed by atoms with Gasteiger partial charge in [0.15, 0.2) is 24.0 Å². The van der Waals surface area contributed by atoms with Gasteiger partial charge in [-0.2, -0.15) is 4.57 Å². The number of pyridine rings is 1. The van der Waals surface area contributed by atoms with Crippen molar-refractivity contribution in [1.29, 1.82) is 0 Å². The van der Waals surface area contributed by atoms with E-state index in [1.807, 2.05) is 0 Å². The van der Waals surface area contributed by atoms with Crippen LogP contribution in [-0.2, 0) is 6.54 Å². The van der Waals surface area contributed by atoms with E-state index < -0.39 is 17.5 Å². The molecule has 0 unspecified atom stereocenters. The summed E-state index contributed by atoms with van der Waals surface area (Å²) < 4.78 is 48.9. The molecule has 3 heterocycles. The first-order valence-electron chi connectivity index (χ1n) is 9.22. The second-order valence-electron chi connectivity index (χ2n) is 6.91. The van der Waals surface area contributed by atoms with Gasteiger partial charge in [0.05, 0.1) is 5.56 Å². The molecule has 0 fully saturated rings. The van der Waals surface area contributed by atoms with Crippen molar-refractivity contribution >= 4 is 22.6 Å². The smallest absolute Gasteiger partial charge is 0.208 e. The van der Waals surface area contributed by atoms with Crippen LogP contribution in [0.3, 0.4) is 0 Å². The predicted octanol–water partition coefficient (Wildman–Crippen LogP) is 5.29. The summed E-state index contributed by atoms with van der Waals surface area (Å²) in [7, 11) is 0. The molecule has 0 spiro atoms. The summed E-state index contributed by atoms with van der Waals surface area (Å²) >= 11 is 5.79. The van der Waals surface area contributed by atoms with Gasteiger partial charge in [-0.3, -0.25) is 0 Å². The van der Waals surface area contributed by atoms with Gasteiger partial charge in [0.1, 0.15) is 28.4 Å². The van der Waals surface area contributed by atoms with Crippen molar-refractivity contribution in [2.75, 3.05) is 0 Å². The highest BCUT2D eigenvalue weighted by Gasteiger charge is 2.17. The summed E-state index contributed by atoms with van der Waals surface area (Å²) in [5.74, 6) is -1.66. The summed E-state index contributed by atoms with van der Waals surface area (Å²) in [5.41, 5.74) is 1.92. The van der Waals surface area contributed by atoms with Crippen molar-refractivity contribution in [3.05, 3.63) is 89.2 Å². The number of hydrogen-bond donors (Lipinski definition) is 1. The van der Waals surface area contributed by atoms with E-state index in [0.717, 1.165) is 6.07 Å². The normalized spacial score (nSPS) is 11.4. The van der Waals surface area contributed by atoms with E-state index in [1.54, 1.807) is 35.2 Å². The lowest BCUT2D eigenvalue weighted by atomic mass is 10.1. The standard InChI is InChI=1S/C22H12ClF3N4O/c23-12-4-5-14(17(25)8-12)19-9-13(31-29-19)10-30-7-6-18-20(11-30)28-22(27-18)15-2-1-3-16(24)21(15)26/h1-9,11H,10H2/p+1. The third-order valence-electron chi connectivity index (χ3n) is 4.79. The fourth-order valence-corrected chi connectivity index (χ4v) is 3.46. The van der Waals surface area contributed by atoms with Crippen molar-refractivity contribution in [2.24, 2.45) is 0 Å². The average molecular weight is 442 g/mol. The predicted molar refractivity (Wildman–Crippen MR) is 108 cm³/mol. The minimum atomic E-state index is -0.960. The van der Waals surface area contributed by atoms with Crippen molar-refractivity contribution < 1.29 is 22.3 Å². The van der Waals surface area contributed by atoms with Gasteiger partial charge >= 0.3 is 0 Å². The van der Waals surface area contributed by atoms with Gasteiger partial charge in [0.25, 0.3) is 0 Å². The Kier molecular flexibility index (Phi) is 4.71. The maximum Gasteiger partial charge on any atom is 0.208 e. The Morgan fingerprint density at radius 3 is 2.71 bits per heavy atom. The van der Waals surface area contributed by atoms with E-state index in [4.69, 9.17) is 16.1 Å². The van der Waals surface area contributed by atoms with Gasteiger partial charge in [0.2, 0.25) is 12.3 Å². The highest BCUT2D eigenvalue weighted by atomic mass is 35.5. The number of fused-ring (bicyclic) bond motifs is 1. The Bertz CT molecular complexity index is 1430. The van der Waals surface area contributed by atoms with Crippen LogP contribution in [0.15, 0.2) is 65.4 Å². The average Bonchev–Trinajstić information content (AvgIpc) is 3.37. The van der Waals surface area contributed by atoms with Crippen LogP contribution in [0, 0.1) is 17.5 Å². The number of aromatic nitrogens is 4. The molecule has 0 atom stereocenters. The van der Waals surface area contributed by atoms with Crippen LogP contribution in [-0.4, -0.2) is 15.1 Å². The van der Waals surface area contributed by atoms with Crippen LogP contribution in [0.25, 0.3) is 33.7 Å². The van der Waals surface area contributed by atoms with Crippen LogP contribution in [0.2, 0.25) is 5.02 Å². The summed E-state index contributed by atoms with van der Waals surface area (Å²) in [6, 6.07) is 11.6. The molecular formula is C22H13ClF3N4O+. The van der Waals surface area contributed by atoms with Crippen LogP contribution < -0.4 is 4.57 Å². The van der Waals surface area contributed by atoms with E-state index in [-0.39, 0.29) is 17.0 Å². The molecule has 0 saturated carbocycles. The summed E-state index contributed by atoms with van der Waals surface area (Å²) in [6.07, 6.45) is 3.52. The molecule has 31 heavy (non-hydrogen) atoms. The van der Waals surface area contributed by atoms with Crippen LogP contribution in [0.1, 0.15) is 5.76 Å². The molecular weight excluding hydrogens is 429 g/mol. The first-order chi connectivity index (χ1) is 15.0. The fourth-order valence-electron chi connectivity index (χ4n) is 3.31. The quantitative estimate of drug-likeness (QED) is 0.385. The number of aromatic amines is 1. The van der Waals surface area contributed by atoms with Gasteiger partial charge in [-0.25, -0.2) is 18.2 Å². The summed E-state index contributed by atoms with van der Waals surface area (Å²) in [6.45, 7) is 0.320. The number of hydrogen-bond acceptors (Lipinski definition) is 3. The Morgan fingerprint density at radius 1 is 1.00 bits per heavy atom. The van der Waals surface area contributed by atoms with Crippen molar-refractivity contribution in [3.8, 4) is 22.6 Å². The van der Waals surface area contributed by atoms with Crippen molar-refractivity contribution in [1.82, 2.24) is 15.1 Å². The topological polar surface area (TPSA) is 58.6 Å². The van der Waals surface area contributed by atoms with Crippen molar-refractivity contribution in [2.45, 2.75) is 6.54 Å². The molecule has 5 aromatic rings. The van der Waals surface area contributed by atoms with Crippen molar-refractivity contribution in [3.63, 3.8) is 0 Å². The molecule has 0 aliphatic rings. The molecule has 0 bridgehead atoms. The van der Waals surface area contributed by atoms with Gasteiger partial charge < -0.3 is 9.51 Å². The van der Waals surface area contributed by atoms with Gasteiger partial charge in [-0.1, -0.05) is 22.8 Å². The fraction of sp³-hybridized carbons (Fsp3) is 0.0455. The molecule has 5 nitrogen and oxygen atoms in total. The Balaban J connectivity index is 1.43. The van der Waals surface area contributed by atoms with E-state index >= 15 is 0 Å². The molecule has 0 saturated heterocycles. The molecule has 3 aromatic heterocycles. The number of nitrogens with zero attached hydrogens (tertiary/aromatic N) is 3. The van der Waals surface area contributed by atoms with Crippen LogP contribution >= 0.6 is 11.6 Å². The highest BCUT2D eigenvalue weighted by molar-refractivity contribution is 6.30. The maximum absolute atomic E-state index is 14.1. The number of rotatable bonds is 4. The first kappa shape index (κ1) is 19.3. The largest absolute Gasteiger partial charge is 0.354 e. The van der Waals surface area contributed by atoms with Gasteiger partial charge in [-0.05, 0) is 30.3 Å². The van der Waals surface area contributed by atoms with E-state index in [1.165, 1.54) is 24.3 Å². The Hall–Kier alpha value is -3.65. The lowest BCUT2D eigenvalue weighted by molar-refractivity contribution is -0.688. The number of nitrogens with one attached hydrogen (secondary N) is 1. The molecule has 0 amide bonds. The third kappa shape index (κ3) is 3.66. The Morgan fingerprint density at radius 2 is 1.87 bits per heavy atom. The molecule has 0 aliphatic carbocycles.